The summed E-state index contributed by atoms with van der Waals surface area (Å²) in [7, 11) is 2.04. The van der Waals surface area contributed by atoms with Crippen molar-refractivity contribution in [2.45, 2.75) is 32.1 Å². The Kier molecular flexibility index (Phi) is 4.65. The van der Waals surface area contributed by atoms with Crippen LogP contribution in [0.3, 0.4) is 0 Å². The Hall–Kier alpha value is -0.480. The highest BCUT2D eigenvalue weighted by molar-refractivity contribution is 7.98. The van der Waals surface area contributed by atoms with Crippen molar-refractivity contribution in [3.05, 3.63) is 55.2 Å². The molecule has 1 aromatic heterocycles. The number of hydrogen-bond acceptors (Lipinski definition) is 3. The van der Waals surface area contributed by atoms with E-state index in [4.69, 9.17) is 11.6 Å². The summed E-state index contributed by atoms with van der Waals surface area (Å²) in [5.74, 6) is 2.43. The number of nitrogens with one attached hydrogen (secondary N) is 1. The van der Waals surface area contributed by atoms with E-state index < -0.39 is 0 Å². The lowest BCUT2D eigenvalue weighted by Crippen LogP contribution is -2.17. The van der Waals surface area contributed by atoms with E-state index >= 15 is 0 Å². The molecule has 1 unspecified atom stereocenters. The van der Waals surface area contributed by atoms with E-state index in [-0.39, 0.29) is 6.04 Å². The molecule has 21 heavy (non-hydrogen) atoms. The van der Waals surface area contributed by atoms with Crippen molar-refractivity contribution in [1.29, 1.82) is 0 Å². The van der Waals surface area contributed by atoms with Gasteiger partial charge in [0.25, 0.3) is 0 Å². The van der Waals surface area contributed by atoms with Gasteiger partial charge in [-0.1, -0.05) is 17.7 Å². The van der Waals surface area contributed by atoms with Crippen LogP contribution in [0.5, 0.6) is 0 Å². The summed E-state index contributed by atoms with van der Waals surface area (Å²) in [5.41, 5.74) is 5.28. The fourth-order valence-electron chi connectivity index (χ4n) is 2.88. The lowest BCUT2D eigenvalue weighted by molar-refractivity contribution is 0.698. The van der Waals surface area contributed by atoms with E-state index in [9.17, 15) is 0 Å². The third kappa shape index (κ3) is 3.02. The molecular formula is C17H20ClNS2. The van der Waals surface area contributed by atoms with E-state index in [0.29, 0.717) is 0 Å². The van der Waals surface area contributed by atoms with Gasteiger partial charge >= 0.3 is 0 Å². The third-order valence-electron chi connectivity index (χ3n) is 4.08. The number of thiophene rings is 1. The summed E-state index contributed by atoms with van der Waals surface area (Å²) in [6.07, 6.45) is 1.22. The standard InChI is InChI=1S/C17H20ClNS2/c1-10-7-14(18)11(2)6-13(10)17(19-3)16-8-12-9-20-5-4-15(12)21-16/h6-8,17,19H,4-5,9H2,1-3H3. The molecule has 4 heteroatoms. The molecule has 0 saturated carbocycles. The Morgan fingerprint density at radius 3 is 2.71 bits per heavy atom. The van der Waals surface area contributed by atoms with Crippen LogP contribution in [0.15, 0.2) is 18.2 Å². The predicted molar refractivity (Wildman–Crippen MR) is 96.0 cm³/mol. The minimum atomic E-state index is 0.265. The van der Waals surface area contributed by atoms with Gasteiger partial charge in [-0.3, -0.25) is 0 Å². The van der Waals surface area contributed by atoms with Crippen LogP contribution in [0.2, 0.25) is 5.02 Å². The molecule has 2 aromatic rings. The molecule has 1 aliphatic heterocycles. The maximum Gasteiger partial charge on any atom is 0.0671 e. The maximum absolute atomic E-state index is 6.24. The molecule has 0 fully saturated rings. The zero-order valence-corrected chi connectivity index (χ0v) is 15.0. The summed E-state index contributed by atoms with van der Waals surface area (Å²) in [6, 6.07) is 6.98. The summed E-state index contributed by atoms with van der Waals surface area (Å²) in [5, 5.41) is 4.35. The minimum Gasteiger partial charge on any atom is -0.309 e. The molecule has 0 bridgehead atoms. The van der Waals surface area contributed by atoms with Gasteiger partial charge < -0.3 is 5.32 Å². The summed E-state index contributed by atoms with van der Waals surface area (Å²) < 4.78 is 0. The summed E-state index contributed by atoms with van der Waals surface area (Å²) >= 11 is 10.3. The average molecular weight is 338 g/mol. The summed E-state index contributed by atoms with van der Waals surface area (Å²) in [6.45, 7) is 4.22. The first-order chi connectivity index (χ1) is 10.1. The van der Waals surface area contributed by atoms with Crippen molar-refractivity contribution in [1.82, 2.24) is 5.32 Å². The topological polar surface area (TPSA) is 12.0 Å². The van der Waals surface area contributed by atoms with Crippen molar-refractivity contribution in [3.63, 3.8) is 0 Å². The lowest BCUT2D eigenvalue weighted by Gasteiger charge is -2.19. The van der Waals surface area contributed by atoms with Crippen LogP contribution in [0.25, 0.3) is 0 Å². The van der Waals surface area contributed by atoms with Gasteiger partial charge in [-0.25, -0.2) is 0 Å². The Labute approximate surface area is 140 Å². The van der Waals surface area contributed by atoms with E-state index in [1.807, 2.05) is 30.1 Å². The van der Waals surface area contributed by atoms with Gasteiger partial charge in [0.2, 0.25) is 0 Å². The third-order valence-corrected chi connectivity index (χ3v) is 6.80. The van der Waals surface area contributed by atoms with Crippen LogP contribution in [0.4, 0.5) is 0 Å². The quantitative estimate of drug-likeness (QED) is 0.834. The van der Waals surface area contributed by atoms with Crippen LogP contribution >= 0.6 is 34.7 Å². The second kappa shape index (κ2) is 6.33. The van der Waals surface area contributed by atoms with Crippen molar-refractivity contribution in [2.75, 3.05) is 12.8 Å². The van der Waals surface area contributed by atoms with E-state index in [2.05, 4.69) is 37.4 Å². The molecule has 112 valence electrons. The lowest BCUT2D eigenvalue weighted by atomic mass is 9.97. The number of rotatable bonds is 3. The fraction of sp³-hybridized carbons (Fsp3) is 0.412. The zero-order valence-electron chi connectivity index (χ0n) is 12.6. The van der Waals surface area contributed by atoms with Gasteiger partial charge in [0.1, 0.15) is 0 Å². The first-order valence-electron chi connectivity index (χ1n) is 7.23. The van der Waals surface area contributed by atoms with Crippen molar-refractivity contribution >= 4 is 34.7 Å². The number of benzene rings is 1. The normalized spacial score (nSPS) is 15.8. The predicted octanol–water partition coefficient (Wildman–Crippen LogP) is 5.12. The fourth-order valence-corrected chi connectivity index (χ4v) is 5.60. The largest absolute Gasteiger partial charge is 0.309 e. The molecule has 3 rings (SSSR count). The van der Waals surface area contributed by atoms with Crippen LogP contribution in [0, 0.1) is 13.8 Å². The highest BCUT2D eigenvalue weighted by atomic mass is 35.5. The highest BCUT2D eigenvalue weighted by Crippen LogP contribution is 2.37. The number of halogens is 1. The highest BCUT2D eigenvalue weighted by Gasteiger charge is 2.21. The van der Waals surface area contributed by atoms with E-state index in [0.717, 1.165) is 10.6 Å². The molecular weight excluding hydrogens is 318 g/mol. The molecule has 1 N–H and O–H groups in total. The molecule has 0 spiro atoms. The van der Waals surface area contributed by atoms with Crippen LogP contribution in [-0.2, 0) is 12.2 Å². The Morgan fingerprint density at radius 2 is 2.00 bits per heavy atom. The number of aryl methyl sites for hydroxylation is 3. The van der Waals surface area contributed by atoms with Crippen LogP contribution < -0.4 is 5.32 Å². The molecule has 0 amide bonds. The monoisotopic (exact) mass is 337 g/mol. The minimum absolute atomic E-state index is 0.265. The maximum atomic E-state index is 6.24. The zero-order chi connectivity index (χ0) is 15.0. The van der Waals surface area contributed by atoms with Crippen molar-refractivity contribution < 1.29 is 0 Å². The van der Waals surface area contributed by atoms with Gasteiger partial charge in [-0.15, -0.1) is 11.3 Å². The SMILES string of the molecule is CNC(c1cc2c(s1)CCSC2)c1cc(C)c(Cl)cc1C. The number of hydrogen-bond donors (Lipinski definition) is 1. The molecule has 1 atom stereocenters. The molecule has 1 aliphatic rings. The van der Waals surface area contributed by atoms with Gasteiger partial charge in [0.05, 0.1) is 6.04 Å². The molecule has 0 radical (unpaired) electrons. The van der Waals surface area contributed by atoms with Crippen molar-refractivity contribution in [2.24, 2.45) is 0 Å². The Morgan fingerprint density at radius 1 is 1.19 bits per heavy atom. The second-order valence-electron chi connectivity index (χ2n) is 5.58. The first kappa shape index (κ1) is 15.4. The smallest absolute Gasteiger partial charge is 0.0671 e. The Balaban J connectivity index is 2.02. The second-order valence-corrected chi connectivity index (χ2v) is 8.26. The van der Waals surface area contributed by atoms with Gasteiger partial charge in [-0.2, -0.15) is 11.8 Å². The Bertz CT molecular complexity index is 640. The van der Waals surface area contributed by atoms with E-state index in [1.165, 1.54) is 39.5 Å². The van der Waals surface area contributed by atoms with Crippen LogP contribution in [0.1, 0.15) is 38.0 Å². The van der Waals surface area contributed by atoms with Crippen LogP contribution in [-0.4, -0.2) is 12.8 Å². The number of fused-ring (bicyclic) bond motifs is 1. The van der Waals surface area contributed by atoms with Gasteiger partial charge in [0.15, 0.2) is 0 Å². The molecule has 1 aromatic carbocycles. The molecule has 0 aliphatic carbocycles. The van der Waals surface area contributed by atoms with Gasteiger partial charge in [-0.05, 0) is 67.5 Å². The molecule has 1 nitrogen and oxygen atoms in total. The first-order valence-corrected chi connectivity index (χ1v) is 9.58. The molecule has 2 heterocycles. The van der Waals surface area contributed by atoms with Crippen molar-refractivity contribution in [3.8, 4) is 0 Å². The molecule has 0 saturated heterocycles. The number of thioether (sulfide) groups is 1. The van der Waals surface area contributed by atoms with E-state index in [1.54, 1.807) is 4.88 Å². The van der Waals surface area contributed by atoms with Gasteiger partial charge in [0, 0.05) is 20.5 Å². The average Bonchev–Trinajstić information content (AvgIpc) is 2.88. The summed E-state index contributed by atoms with van der Waals surface area (Å²) in [4.78, 5) is 3.00.